The lowest BCUT2D eigenvalue weighted by Gasteiger charge is -2.07. The van der Waals surface area contributed by atoms with Crippen molar-refractivity contribution in [3.63, 3.8) is 0 Å². The van der Waals surface area contributed by atoms with Gasteiger partial charge in [-0.05, 0) is 30.3 Å². The standard InChI is InChI=1S/C18H12F3N3O2S/c19-18(20,21)9-4-5-13-12(6-9)15-16(27-13)17(26)24-14(23-15)8-22-10-2-1-3-11(25)7-10/h1-7,22,25H,8H2,(H,23,24,26). The number of aromatic hydroxyl groups is 1. The van der Waals surface area contributed by atoms with E-state index >= 15 is 0 Å². The predicted octanol–water partition coefficient (Wildman–Crippen LogP) is 4.47. The first-order valence-electron chi connectivity index (χ1n) is 7.87. The zero-order chi connectivity index (χ0) is 19.2. The zero-order valence-electron chi connectivity index (χ0n) is 13.6. The first-order valence-corrected chi connectivity index (χ1v) is 8.68. The molecule has 0 aliphatic carbocycles. The van der Waals surface area contributed by atoms with Gasteiger partial charge in [0.2, 0.25) is 0 Å². The summed E-state index contributed by atoms with van der Waals surface area (Å²) < 4.78 is 39.9. The molecule has 138 valence electrons. The molecule has 0 aliphatic rings. The summed E-state index contributed by atoms with van der Waals surface area (Å²) in [5, 5.41) is 12.8. The Morgan fingerprint density at radius 1 is 1.19 bits per heavy atom. The first kappa shape index (κ1) is 17.3. The summed E-state index contributed by atoms with van der Waals surface area (Å²) in [6, 6.07) is 9.78. The van der Waals surface area contributed by atoms with Gasteiger partial charge >= 0.3 is 6.18 Å². The van der Waals surface area contributed by atoms with Crippen LogP contribution in [-0.4, -0.2) is 15.1 Å². The minimum absolute atomic E-state index is 0.0837. The summed E-state index contributed by atoms with van der Waals surface area (Å²) in [5.74, 6) is 0.369. The number of phenols is 1. The van der Waals surface area contributed by atoms with Crippen LogP contribution in [-0.2, 0) is 12.7 Å². The van der Waals surface area contributed by atoms with Crippen molar-refractivity contribution in [1.29, 1.82) is 0 Å². The van der Waals surface area contributed by atoms with E-state index in [-0.39, 0.29) is 28.3 Å². The number of benzene rings is 2. The lowest BCUT2D eigenvalue weighted by atomic mass is 10.1. The Labute approximate surface area is 154 Å². The quantitative estimate of drug-likeness (QED) is 0.481. The number of anilines is 1. The molecule has 5 nitrogen and oxygen atoms in total. The molecule has 2 aromatic heterocycles. The van der Waals surface area contributed by atoms with Crippen molar-refractivity contribution in [2.45, 2.75) is 12.7 Å². The maximum atomic E-state index is 13.0. The smallest absolute Gasteiger partial charge is 0.416 e. The Hall–Kier alpha value is -3.07. The molecule has 2 aromatic carbocycles. The van der Waals surface area contributed by atoms with Crippen molar-refractivity contribution in [2.24, 2.45) is 0 Å². The highest BCUT2D eigenvalue weighted by molar-refractivity contribution is 7.25. The second-order valence-corrected chi connectivity index (χ2v) is 6.96. The van der Waals surface area contributed by atoms with E-state index < -0.39 is 17.3 Å². The van der Waals surface area contributed by atoms with Crippen molar-refractivity contribution >= 4 is 37.3 Å². The van der Waals surface area contributed by atoms with Crippen LogP contribution in [0.2, 0.25) is 0 Å². The fraction of sp³-hybridized carbons (Fsp3) is 0.111. The van der Waals surface area contributed by atoms with Gasteiger partial charge in [-0.3, -0.25) is 4.79 Å². The van der Waals surface area contributed by atoms with Crippen LogP contribution in [0.5, 0.6) is 5.75 Å². The molecular formula is C18H12F3N3O2S. The number of thiophene rings is 1. The van der Waals surface area contributed by atoms with Crippen molar-refractivity contribution in [3.05, 3.63) is 64.2 Å². The Morgan fingerprint density at radius 2 is 2.00 bits per heavy atom. The van der Waals surface area contributed by atoms with Gasteiger partial charge in [0.25, 0.3) is 5.56 Å². The molecule has 0 fully saturated rings. The number of fused-ring (bicyclic) bond motifs is 3. The molecule has 3 N–H and O–H groups in total. The first-order chi connectivity index (χ1) is 12.8. The monoisotopic (exact) mass is 391 g/mol. The number of halogens is 3. The Balaban J connectivity index is 1.76. The number of H-pyrrole nitrogens is 1. The predicted molar refractivity (Wildman–Crippen MR) is 98.2 cm³/mol. The maximum Gasteiger partial charge on any atom is 0.416 e. The van der Waals surface area contributed by atoms with Gasteiger partial charge in [0.15, 0.2) is 0 Å². The number of aromatic amines is 1. The summed E-state index contributed by atoms with van der Waals surface area (Å²) in [6.07, 6.45) is -4.47. The van der Waals surface area contributed by atoms with E-state index in [1.54, 1.807) is 12.1 Å². The topological polar surface area (TPSA) is 78.0 Å². The molecule has 4 rings (SSSR count). The van der Waals surface area contributed by atoms with E-state index in [1.165, 1.54) is 18.2 Å². The van der Waals surface area contributed by atoms with Crippen LogP contribution >= 0.6 is 11.3 Å². The number of aromatic nitrogens is 2. The van der Waals surface area contributed by atoms with Gasteiger partial charge in [-0.2, -0.15) is 13.2 Å². The lowest BCUT2D eigenvalue weighted by molar-refractivity contribution is -0.137. The van der Waals surface area contributed by atoms with Gasteiger partial charge in [0.1, 0.15) is 16.3 Å². The summed E-state index contributed by atoms with van der Waals surface area (Å²) in [5.41, 5.74) is -0.316. The van der Waals surface area contributed by atoms with Gasteiger partial charge in [0.05, 0.1) is 17.6 Å². The van der Waals surface area contributed by atoms with Crippen LogP contribution in [0, 0.1) is 0 Å². The van der Waals surface area contributed by atoms with E-state index in [2.05, 4.69) is 15.3 Å². The molecule has 4 aromatic rings. The minimum Gasteiger partial charge on any atom is -0.508 e. The van der Waals surface area contributed by atoms with Gasteiger partial charge in [-0.25, -0.2) is 4.98 Å². The van der Waals surface area contributed by atoms with Gasteiger partial charge < -0.3 is 15.4 Å². The fourth-order valence-electron chi connectivity index (χ4n) is 2.76. The van der Waals surface area contributed by atoms with Crippen LogP contribution in [0.4, 0.5) is 18.9 Å². The third-order valence-corrected chi connectivity index (χ3v) is 5.16. The molecule has 0 bridgehead atoms. The zero-order valence-corrected chi connectivity index (χ0v) is 14.4. The third kappa shape index (κ3) is 3.33. The second kappa shape index (κ2) is 6.27. The number of nitrogens with one attached hydrogen (secondary N) is 2. The molecule has 0 spiro atoms. The number of rotatable bonds is 3. The Morgan fingerprint density at radius 3 is 2.74 bits per heavy atom. The molecule has 0 unspecified atom stereocenters. The van der Waals surface area contributed by atoms with Crippen molar-refractivity contribution in [1.82, 2.24) is 9.97 Å². The number of nitrogens with zero attached hydrogens (tertiary/aromatic N) is 1. The average Bonchev–Trinajstić information content (AvgIpc) is 2.98. The molecule has 9 heteroatoms. The van der Waals surface area contributed by atoms with Crippen LogP contribution in [0.3, 0.4) is 0 Å². The number of alkyl halides is 3. The molecule has 2 heterocycles. The van der Waals surface area contributed by atoms with Crippen LogP contribution < -0.4 is 10.9 Å². The molecule has 0 aliphatic heterocycles. The van der Waals surface area contributed by atoms with Crippen LogP contribution in [0.1, 0.15) is 11.4 Å². The van der Waals surface area contributed by atoms with E-state index in [0.717, 1.165) is 23.5 Å². The fourth-order valence-corrected chi connectivity index (χ4v) is 3.78. The van der Waals surface area contributed by atoms with Crippen LogP contribution in [0.25, 0.3) is 20.3 Å². The van der Waals surface area contributed by atoms with Crippen LogP contribution in [0.15, 0.2) is 47.3 Å². The highest BCUT2D eigenvalue weighted by atomic mass is 32.1. The average molecular weight is 391 g/mol. The van der Waals surface area contributed by atoms with Crippen molar-refractivity contribution in [2.75, 3.05) is 5.32 Å². The maximum absolute atomic E-state index is 13.0. The normalized spacial score (nSPS) is 12.0. The molecule has 0 saturated heterocycles. The van der Waals surface area contributed by atoms with Crippen molar-refractivity contribution in [3.8, 4) is 5.75 Å². The summed E-state index contributed by atoms with van der Waals surface area (Å²) in [7, 11) is 0. The van der Waals surface area contributed by atoms with E-state index in [4.69, 9.17) is 0 Å². The molecule has 27 heavy (non-hydrogen) atoms. The van der Waals surface area contributed by atoms with Gasteiger partial charge in [-0.15, -0.1) is 11.3 Å². The van der Waals surface area contributed by atoms with E-state index in [9.17, 15) is 23.1 Å². The highest BCUT2D eigenvalue weighted by Gasteiger charge is 2.31. The summed E-state index contributed by atoms with van der Waals surface area (Å²) >= 11 is 1.11. The lowest BCUT2D eigenvalue weighted by Crippen LogP contribution is -2.13. The Kier molecular flexibility index (Phi) is 4.03. The number of hydrogen-bond donors (Lipinski definition) is 3. The third-order valence-electron chi connectivity index (χ3n) is 4.01. The molecule has 0 amide bonds. The van der Waals surface area contributed by atoms with Gasteiger partial charge in [-0.1, -0.05) is 6.07 Å². The van der Waals surface area contributed by atoms with E-state index in [0.29, 0.717) is 15.8 Å². The SMILES string of the molecule is O=c1[nH]c(CNc2cccc(O)c2)nc2c1sc1ccc(C(F)(F)F)cc12. The Bertz CT molecular complexity index is 1210. The van der Waals surface area contributed by atoms with E-state index in [1.807, 2.05) is 0 Å². The molecule has 0 atom stereocenters. The number of hydrogen-bond acceptors (Lipinski definition) is 5. The molecule has 0 saturated carbocycles. The summed E-state index contributed by atoms with van der Waals surface area (Å²) in [6.45, 7) is 0.144. The minimum atomic E-state index is -4.47. The van der Waals surface area contributed by atoms with Gasteiger partial charge in [0, 0.05) is 21.8 Å². The number of phenolic OH excluding ortho intramolecular Hbond substituents is 1. The largest absolute Gasteiger partial charge is 0.508 e. The second-order valence-electron chi connectivity index (χ2n) is 5.90. The van der Waals surface area contributed by atoms with Crippen molar-refractivity contribution < 1.29 is 18.3 Å². The summed E-state index contributed by atoms with van der Waals surface area (Å²) in [4.78, 5) is 19.3. The molecular weight excluding hydrogens is 379 g/mol. The molecule has 0 radical (unpaired) electrons. The highest BCUT2D eigenvalue weighted by Crippen LogP contribution is 2.36.